The molecule has 1 rings (SSSR count). The Labute approximate surface area is 84.0 Å². The highest BCUT2D eigenvalue weighted by molar-refractivity contribution is 6.17. The average Bonchev–Trinajstić information content (AvgIpc) is 2.15. The van der Waals surface area contributed by atoms with Gasteiger partial charge >= 0.3 is 0 Å². The van der Waals surface area contributed by atoms with Crippen LogP contribution in [0.15, 0.2) is 18.2 Å². The van der Waals surface area contributed by atoms with Gasteiger partial charge in [-0.2, -0.15) is 5.26 Å². The molecule has 0 saturated carbocycles. The molecule has 0 N–H and O–H groups in total. The van der Waals surface area contributed by atoms with Gasteiger partial charge in [0.05, 0.1) is 11.6 Å². The number of hydrogen-bond donors (Lipinski definition) is 0. The van der Waals surface area contributed by atoms with Crippen LogP contribution in [0.5, 0.6) is 0 Å². The highest BCUT2D eigenvalue weighted by Gasteiger charge is 2.03. The number of aryl methyl sites for hydroxylation is 1. The fourth-order valence-electron chi connectivity index (χ4n) is 1.38. The Balaban J connectivity index is 2.95. The summed E-state index contributed by atoms with van der Waals surface area (Å²) in [6, 6.07) is 8.01. The molecule has 2 heteroatoms. The Morgan fingerprint density at radius 1 is 1.46 bits per heavy atom. The minimum Gasteiger partial charge on any atom is -0.192 e. The lowest BCUT2D eigenvalue weighted by Crippen LogP contribution is -1.94. The van der Waals surface area contributed by atoms with Gasteiger partial charge in [0.15, 0.2) is 0 Å². The van der Waals surface area contributed by atoms with Gasteiger partial charge < -0.3 is 0 Å². The van der Waals surface area contributed by atoms with Crippen molar-refractivity contribution in [2.75, 3.05) is 5.88 Å². The van der Waals surface area contributed by atoms with Gasteiger partial charge in [-0.3, -0.25) is 0 Å². The van der Waals surface area contributed by atoms with Crippen LogP contribution in [0, 0.1) is 18.3 Å². The van der Waals surface area contributed by atoms with Crippen molar-refractivity contribution in [1.29, 1.82) is 5.26 Å². The summed E-state index contributed by atoms with van der Waals surface area (Å²) in [4.78, 5) is 0. The minimum atomic E-state index is 0.652. The van der Waals surface area contributed by atoms with Crippen molar-refractivity contribution >= 4 is 11.6 Å². The summed E-state index contributed by atoms with van der Waals surface area (Å²) in [5.41, 5.74) is 3.11. The maximum atomic E-state index is 8.86. The van der Waals surface area contributed by atoms with Crippen LogP contribution in [0.1, 0.15) is 23.1 Å². The normalized spacial score (nSPS) is 9.62. The van der Waals surface area contributed by atoms with Gasteiger partial charge in [0.25, 0.3) is 0 Å². The molecule has 0 bridgehead atoms. The van der Waals surface area contributed by atoms with Crippen LogP contribution < -0.4 is 0 Å². The predicted octanol–water partition coefficient (Wildman–Crippen LogP) is 3.04. The summed E-state index contributed by atoms with van der Waals surface area (Å²) < 4.78 is 0. The van der Waals surface area contributed by atoms with E-state index in [0.717, 1.165) is 24.0 Å². The first-order valence-electron chi connectivity index (χ1n) is 4.34. The van der Waals surface area contributed by atoms with E-state index in [9.17, 15) is 0 Å². The maximum Gasteiger partial charge on any atom is 0.0994 e. The lowest BCUT2D eigenvalue weighted by Gasteiger charge is -2.05. The molecule has 0 atom stereocenters. The Hall–Kier alpha value is -1.00. The lowest BCUT2D eigenvalue weighted by molar-refractivity contribution is 0.915. The first-order valence-corrected chi connectivity index (χ1v) is 4.87. The molecule has 0 radical (unpaired) electrons. The zero-order valence-electron chi connectivity index (χ0n) is 7.68. The third kappa shape index (κ3) is 2.47. The van der Waals surface area contributed by atoms with Crippen molar-refractivity contribution < 1.29 is 0 Å². The highest BCUT2D eigenvalue weighted by Crippen LogP contribution is 2.15. The summed E-state index contributed by atoms with van der Waals surface area (Å²) >= 11 is 5.62. The van der Waals surface area contributed by atoms with E-state index in [1.165, 1.54) is 5.56 Å². The lowest BCUT2D eigenvalue weighted by atomic mass is 9.99. The van der Waals surface area contributed by atoms with E-state index in [-0.39, 0.29) is 0 Å². The van der Waals surface area contributed by atoms with Crippen LogP contribution in [0.2, 0.25) is 0 Å². The zero-order valence-corrected chi connectivity index (χ0v) is 8.43. The fraction of sp³-hybridized carbons (Fsp3) is 0.364. The van der Waals surface area contributed by atoms with Gasteiger partial charge in [-0.1, -0.05) is 12.1 Å². The number of alkyl halides is 1. The van der Waals surface area contributed by atoms with Crippen LogP contribution >= 0.6 is 11.6 Å². The second kappa shape index (κ2) is 4.89. The molecule has 1 aromatic carbocycles. The van der Waals surface area contributed by atoms with Crippen LogP contribution in [-0.2, 0) is 6.42 Å². The summed E-state index contributed by atoms with van der Waals surface area (Å²) in [6.07, 6.45) is 1.83. The molecule has 0 amide bonds. The largest absolute Gasteiger partial charge is 0.192 e. The molecule has 0 fully saturated rings. The highest BCUT2D eigenvalue weighted by atomic mass is 35.5. The molecule has 0 aromatic heterocycles. The molecule has 0 spiro atoms. The SMILES string of the molecule is Cc1cccc(C#N)c1CCCCl. The Morgan fingerprint density at radius 3 is 2.85 bits per heavy atom. The second-order valence-electron chi connectivity index (χ2n) is 3.01. The van der Waals surface area contributed by atoms with Gasteiger partial charge in [-0.25, -0.2) is 0 Å². The van der Waals surface area contributed by atoms with Gasteiger partial charge in [0.1, 0.15) is 0 Å². The van der Waals surface area contributed by atoms with E-state index in [1.807, 2.05) is 25.1 Å². The van der Waals surface area contributed by atoms with Gasteiger partial charge in [0, 0.05) is 5.88 Å². The van der Waals surface area contributed by atoms with E-state index >= 15 is 0 Å². The number of benzene rings is 1. The summed E-state index contributed by atoms with van der Waals surface area (Å²) in [6.45, 7) is 2.03. The molecular formula is C11H12ClN. The van der Waals surface area contributed by atoms with Crippen molar-refractivity contribution in [2.45, 2.75) is 19.8 Å². The summed E-state index contributed by atoms with van der Waals surface area (Å²) in [5.74, 6) is 0.652. The Bertz CT molecular complexity index is 325. The monoisotopic (exact) mass is 193 g/mol. The molecule has 1 aromatic rings. The molecule has 0 saturated heterocycles. The summed E-state index contributed by atoms with van der Waals surface area (Å²) in [7, 11) is 0. The van der Waals surface area contributed by atoms with Gasteiger partial charge in [-0.05, 0) is 37.0 Å². The fourth-order valence-corrected chi connectivity index (χ4v) is 1.52. The quantitative estimate of drug-likeness (QED) is 0.677. The van der Waals surface area contributed by atoms with Crippen LogP contribution in [0.25, 0.3) is 0 Å². The van der Waals surface area contributed by atoms with Crippen LogP contribution in [-0.4, -0.2) is 5.88 Å². The van der Waals surface area contributed by atoms with Crippen molar-refractivity contribution in [3.63, 3.8) is 0 Å². The van der Waals surface area contributed by atoms with Crippen molar-refractivity contribution in [3.05, 3.63) is 34.9 Å². The molecule has 0 aliphatic heterocycles. The maximum absolute atomic E-state index is 8.86. The Morgan fingerprint density at radius 2 is 2.23 bits per heavy atom. The van der Waals surface area contributed by atoms with Crippen molar-refractivity contribution in [1.82, 2.24) is 0 Å². The first-order chi connectivity index (χ1) is 6.29. The molecular weight excluding hydrogens is 182 g/mol. The number of nitriles is 1. The van der Waals surface area contributed by atoms with E-state index in [4.69, 9.17) is 16.9 Å². The molecule has 1 nitrogen and oxygen atoms in total. The Kier molecular flexibility index (Phi) is 3.79. The third-order valence-electron chi connectivity index (χ3n) is 2.09. The molecule has 0 aliphatic carbocycles. The molecule has 0 unspecified atom stereocenters. The molecule has 0 heterocycles. The summed E-state index contributed by atoms with van der Waals surface area (Å²) in [5, 5.41) is 8.86. The smallest absolute Gasteiger partial charge is 0.0994 e. The number of halogens is 1. The molecule has 13 heavy (non-hydrogen) atoms. The van der Waals surface area contributed by atoms with E-state index in [0.29, 0.717) is 5.88 Å². The van der Waals surface area contributed by atoms with Gasteiger partial charge in [0.2, 0.25) is 0 Å². The number of nitrogens with zero attached hydrogens (tertiary/aromatic N) is 1. The van der Waals surface area contributed by atoms with E-state index in [2.05, 4.69) is 6.07 Å². The minimum absolute atomic E-state index is 0.652. The first kappa shape index (κ1) is 10.1. The standard InChI is InChI=1S/C11H12ClN/c1-9-4-2-5-10(8-13)11(9)6-3-7-12/h2,4-5H,3,6-7H2,1H3. The molecule has 68 valence electrons. The van der Waals surface area contributed by atoms with E-state index < -0.39 is 0 Å². The van der Waals surface area contributed by atoms with Crippen LogP contribution in [0.4, 0.5) is 0 Å². The number of hydrogen-bond acceptors (Lipinski definition) is 1. The van der Waals surface area contributed by atoms with Crippen molar-refractivity contribution in [2.24, 2.45) is 0 Å². The predicted molar refractivity (Wildman–Crippen MR) is 54.9 cm³/mol. The van der Waals surface area contributed by atoms with E-state index in [1.54, 1.807) is 0 Å². The van der Waals surface area contributed by atoms with Crippen molar-refractivity contribution in [3.8, 4) is 6.07 Å². The average molecular weight is 194 g/mol. The van der Waals surface area contributed by atoms with Gasteiger partial charge in [-0.15, -0.1) is 11.6 Å². The molecule has 0 aliphatic rings. The second-order valence-corrected chi connectivity index (χ2v) is 3.38. The topological polar surface area (TPSA) is 23.8 Å². The third-order valence-corrected chi connectivity index (χ3v) is 2.36. The zero-order chi connectivity index (χ0) is 9.68. The van der Waals surface area contributed by atoms with Crippen LogP contribution in [0.3, 0.4) is 0 Å². The number of rotatable bonds is 3.